The van der Waals surface area contributed by atoms with E-state index in [-0.39, 0.29) is 5.82 Å². The van der Waals surface area contributed by atoms with E-state index >= 15 is 0 Å². The van der Waals surface area contributed by atoms with E-state index in [4.69, 9.17) is 17.3 Å². The third-order valence-corrected chi connectivity index (χ3v) is 5.43. The molecule has 0 fully saturated rings. The van der Waals surface area contributed by atoms with E-state index in [1.54, 1.807) is 23.0 Å². The van der Waals surface area contributed by atoms with E-state index in [2.05, 4.69) is 10.1 Å². The van der Waals surface area contributed by atoms with Crippen LogP contribution < -0.4 is 5.73 Å². The first-order valence-corrected chi connectivity index (χ1v) is 8.61. The summed E-state index contributed by atoms with van der Waals surface area (Å²) in [6, 6.07) is 4.63. The summed E-state index contributed by atoms with van der Waals surface area (Å²) in [5, 5.41) is 6.53. The summed E-state index contributed by atoms with van der Waals surface area (Å²) < 4.78 is 15.8. The average Bonchev–Trinajstić information content (AvgIpc) is 3.13. The number of hydrogen-bond donors (Lipinski definition) is 1. The van der Waals surface area contributed by atoms with E-state index in [0.717, 1.165) is 41.9 Å². The van der Waals surface area contributed by atoms with Crippen LogP contribution in [0.5, 0.6) is 0 Å². The van der Waals surface area contributed by atoms with Crippen molar-refractivity contribution < 1.29 is 4.39 Å². The molecule has 0 spiro atoms. The molecule has 4 nitrogen and oxygen atoms in total. The number of nitrogens with two attached hydrogens (primary N) is 1. The molecule has 1 aliphatic rings. The van der Waals surface area contributed by atoms with Crippen molar-refractivity contribution in [2.24, 2.45) is 0 Å². The van der Waals surface area contributed by atoms with Gasteiger partial charge in [-0.05, 0) is 37.8 Å². The number of nitrogens with zero attached hydrogens (tertiary/aromatic N) is 3. The Hall–Kier alpha value is -1.92. The molecule has 0 saturated heterocycles. The maximum atomic E-state index is 14.1. The van der Waals surface area contributed by atoms with Crippen LogP contribution in [-0.2, 0) is 12.8 Å². The first-order valence-electron chi connectivity index (χ1n) is 7.42. The highest BCUT2D eigenvalue weighted by molar-refractivity contribution is 7.17. The van der Waals surface area contributed by atoms with Crippen LogP contribution in [0.4, 0.5) is 10.1 Å². The number of benzene rings is 1. The summed E-state index contributed by atoms with van der Waals surface area (Å²) in [4.78, 5) is 4.31. The van der Waals surface area contributed by atoms with Crippen LogP contribution in [-0.4, -0.2) is 14.8 Å². The number of halogens is 2. The van der Waals surface area contributed by atoms with E-state index in [1.807, 2.05) is 0 Å². The Bertz CT molecular complexity index is 866. The zero-order valence-corrected chi connectivity index (χ0v) is 13.8. The Morgan fingerprint density at radius 3 is 2.87 bits per heavy atom. The minimum absolute atomic E-state index is 0.330. The second-order valence-corrected chi connectivity index (χ2v) is 6.91. The molecule has 0 unspecified atom stereocenters. The highest BCUT2D eigenvalue weighted by Crippen LogP contribution is 2.36. The van der Waals surface area contributed by atoms with Gasteiger partial charge in [0.25, 0.3) is 0 Å². The van der Waals surface area contributed by atoms with Gasteiger partial charge in [-0.15, -0.1) is 0 Å². The maximum Gasteiger partial charge on any atom is 0.139 e. The second-order valence-electron chi connectivity index (χ2n) is 5.54. The fourth-order valence-corrected chi connectivity index (χ4v) is 4.23. The van der Waals surface area contributed by atoms with Gasteiger partial charge in [0.1, 0.15) is 21.0 Å². The predicted molar refractivity (Wildman–Crippen MR) is 90.7 cm³/mol. The number of nitrogen functional groups attached to an aromatic ring is 1. The van der Waals surface area contributed by atoms with E-state index in [0.29, 0.717) is 21.4 Å². The van der Waals surface area contributed by atoms with Crippen LogP contribution in [0, 0.1) is 5.82 Å². The van der Waals surface area contributed by atoms with E-state index < -0.39 is 0 Å². The molecule has 1 aromatic carbocycles. The third kappa shape index (κ3) is 2.42. The Labute approximate surface area is 141 Å². The predicted octanol–water partition coefficient (Wildman–Crippen LogP) is 4.25. The zero-order chi connectivity index (χ0) is 16.0. The molecule has 3 aromatic rings. The first kappa shape index (κ1) is 14.7. The van der Waals surface area contributed by atoms with Crippen LogP contribution in [0.15, 0.2) is 24.4 Å². The lowest BCUT2D eigenvalue weighted by atomic mass is 9.99. The standard InChI is InChI=1S/C16H14ClFN4S/c17-15-9-4-1-2-7-12(9)21-22(15)13-8-20-16(23-13)14-10(18)5-3-6-11(14)19/h3,5-6,8H,1-2,4,7,19H2. The largest absolute Gasteiger partial charge is 0.398 e. The minimum atomic E-state index is -0.378. The van der Waals surface area contributed by atoms with E-state index in [1.165, 1.54) is 17.4 Å². The van der Waals surface area contributed by atoms with Crippen LogP contribution in [0.1, 0.15) is 24.1 Å². The third-order valence-electron chi connectivity index (χ3n) is 4.06. The highest BCUT2D eigenvalue weighted by Gasteiger charge is 2.22. The van der Waals surface area contributed by atoms with Crippen molar-refractivity contribution in [3.05, 3.63) is 46.6 Å². The molecule has 0 radical (unpaired) electrons. The molecule has 2 aromatic heterocycles. The van der Waals surface area contributed by atoms with Gasteiger partial charge in [-0.25, -0.2) is 14.1 Å². The van der Waals surface area contributed by atoms with Crippen LogP contribution in [0.2, 0.25) is 5.15 Å². The summed E-state index contributed by atoms with van der Waals surface area (Å²) in [6.45, 7) is 0. The van der Waals surface area contributed by atoms with Gasteiger partial charge in [-0.2, -0.15) is 5.10 Å². The summed E-state index contributed by atoms with van der Waals surface area (Å²) in [7, 11) is 0. The topological polar surface area (TPSA) is 56.7 Å². The molecule has 23 heavy (non-hydrogen) atoms. The Morgan fingerprint density at radius 2 is 2.09 bits per heavy atom. The number of aryl methyl sites for hydroxylation is 1. The van der Waals surface area contributed by atoms with Crippen molar-refractivity contribution in [2.45, 2.75) is 25.7 Å². The summed E-state index contributed by atoms with van der Waals surface area (Å²) >= 11 is 7.81. The summed E-state index contributed by atoms with van der Waals surface area (Å²) in [5.74, 6) is -0.378. The molecular weight excluding hydrogens is 335 g/mol. The molecule has 0 bridgehead atoms. The highest BCUT2D eigenvalue weighted by atomic mass is 35.5. The van der Waals surface area contributed by atoms with Gasteiger partial charge in [0.05, 0.1) is 17.5 Å². The molecule has 2 N–H and O–H groups in total. The molecule has 0 saturated carbocycles. The smallest absolute Gasteiger partial charge is 0.139 e. The second kappa shape index (κ2) is 5.62. The molecule has 0 amide bonds. The molecule has 0 aliphatic heterocycles. The van der Waals surface area contributed by atoms with Crippen LogP contribution >= 0.6 is 22.9 Å². The lowest BCUT2D eigenvalue weighted by Crippen LogP contribution is -2.00. The van der Waals surface area contributed by atoms with Crippen molar-refractivity contribution in [3.8, 4) is 15.6 Å². The summed E-state index contributed by atoms with van der Waals surface area (Å²) in [6.07, 6.45) is 5.85. The molecule has 2 heterocycles. The quantitative estimate of drug-likeness (QED) is 0.704. The molecule has 1 aliphatic carbocycles. The molecule has 7 heteroatoms. The lowest BCUT2D eigenvalue weighted by Gasteiger charge is -2.07. The van der Waals surface area contributed by atoms with Gasteiger partial charge >= 0.3 is 0 Å². The Morgan fingerprint density at radius 1 is 1.26 bits per heavy atom. The van der Waals surface area contributed by atoms with Gasteiger partial charge < -0.3 is 5.73 Å². The van der Waals surface area contributed by atoms with Gasteiger partial charge in [0.15, 0.2) is 0 Å². The summed E-state index contributed by atoms with van der Waals surface area (Å²) in [5.41, 5.74) is 8.77. The molecular formula is C16H14ClFN4S. The van der Waals surface area contributed by atoms with Crippen molar-refractivity contribution in [3.63, 3.8) is 0 Å². The fraction of sp³-hybridized carbons (Fsp3) is 0.250. The first-order chi connectivity index (χ1) is 11.1. The SMILES string of the molecule is Nc1cccc(F)c1-c1ncc(-n2nc3c(c2Cl)CCCC3)s1. The van der Waals surface area contributed by atoms with Crippen LogP contribution in [0.25, 0.3) is 15.6 Å². The van der Waals surface area contributed by atoms with Gasteiger partial charge in [0.2, 0.25) is 0 Å². The normalized spacial score (nSPS) is 14.0. The molecule has 4 rings (SSSR count). The number of rotatable bonds is 2. The van der Waals surface area contributed by atoms with Crippen molar-refractivity contribution in [2.75, 3.05) is 5.73 Å². The number of anilines is 1. The average molecular weight is 349 g/mol. The molecule has 0 atom stereocenters. The van der Waals surface area contributed by atoms with Crippen LogP contribution in [0.3, 0.4) is 0 Å². The Kier molecular flexibility index (Phi) is 3.58. The van der Waals surface area contributed by atoms with Gasteiger partial charge in [-0.3, -0.25) is 0 Å². The molecule has 118 valence electrons. The number of fused-ring (bicyclic) bond motifs is 1. The number of aromatic nitrogens is 3. The van der Waals surface area contributed by atoms with Crippen molar-refractivity contribution >= 4 is 28.6 Å². The maximum absolute atomic E-state index is 14.1. The van der Waals surface area contributed by atoms with Gasteiger partial charge in [0, 0.05) is 11.3 Å². The number of hydrogen-bond acceptors (Lipinski definition) is 4. The van der Waals surface area contributed by atoms with E-state index in [9.17, 15) is 4.39 Å². The lowest BCUT2D eigenvalue weighted by molar-refractivity contribution is 0.632. The van der Waals surface area contributed by atoms with Crippen molar-refractivity contribution in [1.29, 1.82) is 0 Å². The fourth-order valence-electron chi connectivity index (χ4n) is 2.91. The van der Waals surface area contributed by atoms with Crippen molar-refractivity contribution in [1.82, 2.24) is 14.8 Å². The minimum Gasteiger partial charge on any atom is -0.398 e. The number of thiazole rings is 1. The Balaban J connectivity index is 1.78. The van der Waals surface area contributed by atoms with Gasteiger partial charge in [-0.1, -0.05) is 29.0 Å². The monoisotopic (exact) mass is 348 g/mol. The zero-order valence-electron chi connectivity index (χ0n) is 12.2.